The molecule has 1 saturated carbocycles. The van der Waals surface area contributed by atoms with E-state index in [2.05, 4.69) is 29.1 Å². The molecule has 0 spiro atoms. The average Bonchev–Trinajstić information content (AvgIpc) is 2.78. The molecule has 0 saturated heterocycles. The van der Waals surface area contributed by atoms with Crippen molar-refractivity contribution in [3.05, 3.63) is 24.3 Å². The second-order valence-electron chi connectivity index (χ2n) is 5.28. The highest BCUT2D eigenvalue weighted by molar-refractivity contribution is 5.11. The van der Waals surface area contributed by atoms with Gasteiger partial charge in [-0.25, -0.2) is 9.97 Å². The van der Waals surface area contributed by atoms with E-state index in [-0.39, 0.29) is 0 Å². The molecular formula is C14H23N3. The molecule has 1 N–H and O–H groups in total. The van der Waals surface area contributed by atoms with Gasteiger partial charge in [0, 0.05) is 24.0 Å². The van der Waals surface area contributed by atoms with Gasteiger partial charge in [0.1, 0.15) is 6.33 Å². The topological polar surface area (TPSA) is 37.8 Å². The summed E-state index contributed by atoms with van der Waals surface area (Å²) in [4.78, 5) is 8.31. The minimum atomic E-state index is 0.445. The molecular weight excluding hydrogens is 210 g/mol. The average molecular weight is 233 g/mol. The Kier molecular flexibility index (Phi) is 4.49. The van der Waals surface area contributed by atoms with Gasteiger partial charge in [-0.2, -0.15) is 0 Å². The Hall–Kier alpha value is -0.960. The van der Waals surface area contributed by atoms with E-state index in [4.69, 9.17) is 0 Å². The van der Waals surface area contributed by atoms with Crippen molar-refractivity contribution in [2.45, 2.75) is 45.6 Å². The van der Waals surface area contributed by atoms with Gasteiger partial charge < -0.3 is 5.32 Å². The third-order valence-corrected chi connectivity index (χ3v) is 3.76. The Morgan fingerprint density at radius 2 is 2.12 bits per heavy atom. The van der Waals surface area contributed by atoms with Crippen LogP contribution in [0.2, 0.25) is 0 Å². The van der Waals surface area contributed by atoms with Crippen molar-refractivity contribution in [2.24, 2.45) is 11.8 Å². The van der Waals surface area contributed by atoms with Gasteiger partial charge in [0.25, 0.3) is 0 Å². The number of hydrogen-bond acceptors (Lipinski definition) is 3. The van der Waals surface area contributed by atoms with E-state index in [1.807, 2.05) is 12.4 Å². The van der Waals surface area contributed by atoms with Crippen LogP contribution in [0.25, 0.3) is 0 Å². The zero-order valence-corrected chi connectivity index (χ0v) is 10.9. The summed E-state index contributed by atoms with van der Waals surface area (Å²) in [5.74, 6) is 1.62. The first-order valence-corrected chi connectivity index (χ1v) is 6.79. The van der Waals surface area contributed by atoms with Crippen LogP contribution in [-0.4, -0.2) is 16.5 Å². The first-order chi connectivity index (χ1) is 8.31. The summed E-state index contributed by atoms with van der Waals surface area (Å²) in [6, 6.07) is 0.445. The minimum Gasteiger partial charge on any atom is -0.310 e. The van der Waals surface area contributed by atoms with Gasteiger partial charge in [-0.15, -0.1) is 0 Å². The van der Waals surface area contributed by atoms with E-state index in [1.165, 1.54) is 31.2 Å². The maximum absolute atomic E-state index is 4.15. The van der Waals surface area contributed by atoms with E-state index < -0.39 is 0 Å². The monoisotopic (exact) mass is 233 g/mol. The van der Waals surface area contributed by atoms with Crippen LogP contribution >= 0.6 is 0 Å². The standard InChI is InChI=1S/C14H23N3/c1-3-6-17-14(12-5-4-11(2)7-12)13-8-15-10-16-9-13/h8-12,14,17H,3-7H2,1-2H3. The van der Waals surface area contributed by atoms with Gasteiger partial charge in [-0.3, -0.25) is 0 Å². The van der Waals surface area contributed by atoms with Crippen LogP contribution in [0, 0.1) is 11.8 Å². The highest BCUT2D eigenvalue weighted by Gasteiger charge is 2.29. The molecule has 0 aliphatic heterocycles. The van der Waals surface area contributed by atoms with E-state index in [1.54, 1.807) is 6.33 Å². The number of nitrogens with one attached hydrogen (secondary N) is 1. The zero-order chi connectivity index (χ0) is 12.1. The summed E-state index contributed by atoms with van der Waals surface area (Å²) < 4.78 is 0. The van der Waals surface area contributed by atoms with E-state index in [0.29, 0.717) is 6.04 Å². The second kappa shape index (κ2) is 6.10. The molecule has 1 aliphatic carbocycles. The van der Waals surface area contributed by atoms with Crippen LogP contribution in [0.1, 0.15) is 51.1 Å². The third kappa shape index (κ3) is 3.25. The van der Waals surface area contributed by atoms with Gasteiger partial charge in [-0.1, -0.05) is 20.3 Å². The van der Waals surface area contributed by atoms with Crippen LogP contribution in [0.5, 0.6) is 0 Å². The fourth-order valence-corrected chi connectivity index (χ4v) is 2.88. The largest absolute Gasteiger partial charge is 0.310 e. The molecule has 17 heavy (non-hydrogen) atoms. The lowest BCUT2D eigenvalue weighted by molar-refractivity contribution is 0.358. The van der Waals surface area contributed by atoms with Crippen LogP contribution in [-0.2, 0) is 0 Å². The van der Waals surface area contributed by atoms with E-state index >= 15 is 0 Å². The summed E-state index contributed by atoms with van der Waals surface area (Å²) in [5.41, 5.74) is 1.25. The Balaban J connectivity index is 2.08. The normalized spacial score (nSPS) is 26.0. The zero-order valence-electron chi connectivity index (χ0n) is 10.9. The maximum Gasteiger partial charge on any atom is 0.115 e. The van der Waals surface area contributed by atoms with E-state index in [0.717, 1.165) is 18.4 Å². The molecule has 0 radical (unpaired) electrons. The molecule has 1 aromatic rings. The van der Waals surface area contributed by atoms with Crippen molar-refractivity contribution in [3.8, 4) is 0 Å². The van der Waals surface area contributed by atoms with Gasteiger partial charge in [0.2, 0.25) is 0 Å². The van der Waals surface area contributed by atoms with Gasteiger partial charge in [0.05, 0.1) is 0 Å². The molecule has 3 unspecified atom stereocenters. The molecule has 0 aromatic carbocycles. The maximum atomic E-state index is 4.15. The lowest BCUT2D eigenvalue weighted by atomic mass is 9.92. The first kappa shape index (κ1) is 12.5. The lowest BCUT2D eigenvalue weighted by Crippen LogP contribution is -2.28. The molecule has 94 valence electrons. The van der Waals surface area contributed by atoms with Crippen molar-refractivity contribution in [1.82, 2.24) is 15.3 Å². The number of nitrogens with zero attached hydrogens (tertiary/aromatic N) is 2. The Labute approximate surface area is 104 Å². The first-order valence-electron chi connectivity index (χ1n) is 6.79. The van der Waals surface area contributed by atoms with Crippen LogP contribution in [0.3, 0.4) is 0 Å². The van der Waals surface area contributed by atoms with Crippen molar-refractivity contribution < 1.29 is 0 Å². The van der Waals surface area contributed by atoms with Crippen LogP contribution in [0.4, 0.5) is 0 Å². The summed E-state index contributed by atoms with van der Waals surface area (Å²) in [5, 5.41) is 3.67. The van der Waals surface area contributed by atoms with Gasteiger partial charge in [0.15, 0.2) is 0 Å². The minimum absolute atomic E-state index is 0.445. The van der Waals surface area contributed by atoms with Crippen molar-refractivity contribution in [3.63, 3.8) is 0 Å². The summed E-state index contributed by atoms with van der Waals surface area (Å²) in [7, 11) is 0. The van der Waals surface area contributed by atoms with Crippen LogP contribution in [0.15, 0.2) is 18.7 Å². The summed E-state index contributed by atoms with van der Waals surface area (Å²) in [6.07, 6.45) is 10.7. The Morgan fingerprint density at radius 1 is 1.35 bits per heavy atom. The molecule has 3 atom stereocenters. The second-order valence-corrected chi connectivity index (χ2v) is 5.28. The van der Waals surface area contributed by atoms with Crippen molar-refractivity contribution >= 4 is 0 Å². The molecule has 1 fully saturated rings. The Bertz CT molecular complexity index is 325. The smallest absolute Gasteiger partial charge is 0.115 e. The predicted octanol–water partition coefficient (Wildman–Crippen LogP) is 2.95. The molecule has 0 amide bonds. The quantitative estimate of drug-likeness (QED) is 0.849. The molecule has 3 nitrogen and oxygen atoms in total. The fraction of sp³-hybridized carbons (Fsp3) is 0.714. The highest BCUT2D eigenvalue weighted by atomic mass is 14.9. The van der Waals surface area contributed by atoms with Gasteiger partial charge >= 0.3 is 0 Å². The number of rotatable bonds is 5. The molecule has 3 heteroatoms. The van der Waals surface area contributed by atoms with Crippen molar-refractivity contribution in [2.75, 3.05) is 6.54 Å². The summed E-state index contributed by atoms with van der Waals surface area (Å²) in [6.45, 7) is 5.64. The Morgan fingerprint density at radius 3 is 2.71 bits per heavy atom. The van der Waals surface area contributed by atoms with Gasteiger partial charge in [-0.05, 0) is 37.6 Å². The number of aromatic nitrogens is 2. The number of hydrogen-bond donors (Lipinski definition) is 1. The predicted molar refractivity (Wildman–Crippen MR) is 69.6 cm³/mol. The fourth-order valence-electron chi connectivity index (χ4n) is 2.88. The van der Waals surface area contributed by atoms with Crippen LogP contribution < -0.4 is 5.32 Å². The molecule has 1 aromatic heterocycles. The summed E-state index contributed by atoms with van der Waals surface area (Å²) >= 11 is 0. The van der Waals surface area contributed by atoms with Crippen molar-refractivity contribution in [1.29, 1.82) is 0 Å². The molecule has 0 bridgehead atoms. The molecule has 1 aliphatic rings. The SMILES string of the molecule is CCCNC(c1cncnc1)C1CCC(C)C1. The third-order valence-electron chi connectivity index (χ3n) is 3.76. The lowest BCUT2D eigenvalue weighted by Gasteiger charge is -2.24. The van der Waals surface area contributed by atoms with E-state index in [9.17, 15) is 0 Å². The molecule has 2 rings (SSSR count). The highest BCUT2D eigenvalue weighted by Crippen LogP contribution is 2.38. The molecule has 1 heterocycles.